The number of amides is 6. The third kappa shape index (κ3) is 7.58. The topological polar surface area (TPSA) is 320 Å². The van der Waals surface area contributed by atoms with E-state index in [0.29, 0.717) is 59.6 Å². The zero-order chi connectivity index (χ0) is 57.6. The Morgan fingerprint density at radius 1 is 0.829 bits per heavy atom. The molecule has 10 atom stereocenters. The van der Waals surface area contributed by atoms with Gasteiger partial charge in [0.2, 0.25) is 17.7 Å². The minimum absolute atomic E-state index is 0.00100. The van der Waals surface area contributed by atoms with E-state index in [-0.39, 0.29) is 52.6 Å². The number of nitrogens with one attached hydrogen (secondary N) is 4. The Kier molecular flexibility index (Phi) is 12.5. The van der Waals surface area contributed by atoms with E-state index in [9.17, 15) is 63.3 Å². The van der Waals surface area contributed by atoms with E-state index in [0.717, 1.165) is 42.6 Å². The van der Waals surface area contributed by atoms with Crippen molar-refractivity contribution in [2.45, 2.75) is 114 Å². The Labute approximate surface area is 469 Å². The number of aliphatic hydroxyl groups excluding tert-OH is 2. The average molecular weight is 1130 g/mol. The zero-order valence-corrected chi connectivity index (χ0v) is 45.0. The van der Waals surface area contributed by atoms with Crippen molar-refractivity contribution in [1.29, 1.82) is 0 Å². The maximum Gasteiger partial charge on any atom is 0.407 e. The summed E-state index contributed by atoms with van der Waals surface area (Å²) >= 11 is 0. The molecule has 12 aliphatic rings. The number of hydrogen-bond acceptors (Lipinski definition) is 16. The standard InChI is InChI=1S/C60H63N5O17/c1-56-20-19-33(67)21-31(56)9-12-34-35-22-39-60(38(69)26-66,57(35,2)24-37(68)46(34)56)81-54(80-39)30-7-3-28(4-8-30)23-58-47-50-48(58)52-49(58)51(47)59(50,52)64-55(78)79-27-29-5-10-32(11-6-29)62-53(77)36(13-17-44(74)75)63-41(71)25-61-40(70)14-18-45(76)82-65-42(72)15-16-43(65)73/h3-8,10-11,15-16,19-21,34-37,39,46-52,54,66,68H,9,12-14,17-18,22-27H2,1-2H3,(H,61,70)(H,62,77)(H,63,71)(H,64,78)(H,74,75)/t34-,35-,36-,37-,39+,46+,47?,48?,49?,50?,51?,52?,54?,56-,57-,58?,59?,60+/m0/s1. The van der Waals surface area contributed by atoms with Crippen molar-refractivity contribution in [3.63, 3.8) is 0 Å². The molecule has 6 amide bonds. The molecule has 0 bridgehead atoms. The number of Topliss-reactive ketones (excluding diaryl/α,β-unsaturated/α-hetero) is 1. The molecule has 9 saturated carbocycles. The van der Waals surface area contributed by atoms with Gasteiger partial charge in [0.1, 0.15) is 19.3 Å². The molecule has 10 aliphatic carbocycles. The van der Waals surface area contributed by atoms with Crippen molar-refractivity contribution < 1.29 is 82.3 Å². The highest BCUT2D eigenvalue weighted by molar-refractivity contribution is 6.12. The number of allylic oxidation sites excluding steroid dienone is 4. The first-order valence-corrected chi connectivity index (χ1v) is 28.3. The van der Waals surface area contributed by atoms with Gasteiger partial charge in [0.25, 0.3) is 11.8 Å². The van der Waals surface area contributed by atoms with E-state index < -0.39 is 127 Å². The SMILES string of the molecule is C[C@]12C=CC(=O)C=C1CC[C@@H]1[C@@H]2[C@@H](O)C[C@@]2(C)[C@H]1C[C@H]1OC(c3ccc(CC45C6C7C4C4C5C6C74NC(=O)OCc4ccc(NC(=O)[C@H](CCC(=O)O)NC(=O)CNC(=O)CCC(=O)ON5C(=O)C=CC5=O)cc4)cc3)O[C@]12C(=O)CO. The smallest absolute Gasteiger partial charge is 0.407 e. The second kappa shape index (κ2) is 19.1. The molecule has 2 aliphatic heterocycles. The fourth-order valence-corrected chi connectivity index (χ4v) is 18.5. The van der Waals surface area contributed by atoms with Gasteiger partial charge in [0.15, 0.2) is 23.5 Å². The number of carboxylic acids is 1. The number of imide groups is 1. The molecule has 0 aromatic heterocycles. The number of carbonyl (C=O) groups excluding carboxylic acids is 9. The molecule has 2 aromatic carbocycles. The maximum absolute atomic E-state index is 14.1. The molecule has 82 heavy (non-hydrogen) atoms. The number of nitrogens with zero attached hydrogens (tertiary/aromatic N) is 1. The van der Waals surface area contributed by atoms with Gasteiger partial charge in [-0.15, -0.1) is 0 Å². The molecule has 1 unspecified atom stereocenters. The quantitative estimate of drug-likeness (QED) is 0.0938. The van der Waals surface area contributed by atoms with E-state index in [1.54, 1.807) is 36.4 Å². The van der Waals surface area contributed by atoms with E-state index in [4.69, 9.17) is 14.2 Å². The molecule has 2 aromatic rings. The number of anilines is 1. The van der Waals surface area contributed by atoms with Gasteiger partial charge < -0.3 is 55.6 Å². The van der Waals surface area contributed by atoms with Crippen LogP contribution in [0.1, 0.15) is 88.2 Å². The average Bonchev–Trinajstić information content (AvgIpc) is 0.602. The summed E-state index contributed by atoms with van der Waals surface area (Å²) in [5.74, 6) is -3.85. The lowest BCUT2D eigenvalue weighted by atomic mass is 8.94. The third-order valence-electron chi connectivity index (χ3n) is 21.6. The highest BCUT2D eigenvalue weighted by Crippen LogP contribution is 3.07. The number of carbonyl (C=O) groups is 10. The molecule has 430 valence electrons. The second-order valence-electron chi connectivity index (χ2n) is 24.9. The normalized spacial score (nSPS) is 38.5. The number of rotatable bonds is 20. The maximum atomic E-state index is 14.1. The Balaban J connectivity index is 0.562. The van der Waals surface area contributed by atoms with Crippen LogP contribution in [0.2, 0.25) is 0 Å². The van der Waals surface area contributed by atoms with Crippen LogP contribution in [0, 0.1) is 69.5 Å². The highest BCUT2D eigenvalue weighted by atomic mass is 16.7. The lowest BCUT2D eigenvalue weighted by Gasteiger charge is -3.11. The van der Waals surface area contributed by atoms with E-state index in [1.165, 1.54) is 5.56 Å². The molecule has 22 nitrogen and oxygen atoms in total. The lowest BCUT2D eigenvalue weighted by molar-refractivity contribution is -0.624. The van der Waals surface area contributed by atoms with E-state index in [2.05, 4.69) is 45.2 Å². The predicted molar refractivity (Wildman–Crippen MR) is 280 cm³/mol. The number of ketones is 2. The molecule has 10 fully saturated rings. The first-order chi connectivity index (χ1) is 39.2. The fraction of sp³-hybridized carbons (Fsp3) is 0.533. The number of aliphatic hydroxyl groups is 2. The van der Waals surface area contributed by atoms with Crippen LogP contribution in [0.15, 0.2) is 84.5 Å². The molecule has 1 saturated heterocycles. The summed E-state index contributed by atoms with van der Waals surface area (Å²) in [6.07, 6.45) is 6.09. The lowest BCUT2D eigenvalue weighted by Crippen LogP contribution is -3.15. The van der Waals surface area contributed by atoms with Crippen LogP contribution in [0.5, 0.6) is 0 Å². The van der Waals surface area contributed by atoms with Gasteiger partial charge in [-0.1, -0.05) is 67.0 Å². The van der Waals surface area contributed by atoms with Crippen LogP contribution in [0.4, 0.5) is 10.5 Å². The Hall–Kier alpha value is -7.40. The van der Waals surface area contributed by atoms with Crippen LogP contribution in [0.3, 0.4) is 0 Å². The van der Waals surface area contributed by atoms with E-state index >= 15 is 0 Å². The number of hydrogen-bond donors (Lipinski definition) is 7. The van der Waals surface area contributed by atoms with Crippen molar-refractivity contribution in [2.24, 2.45) is 69.5 Å². The summed E-state index contributed by atoms with van der Waals surface area (Å²) in [6.45, 7) is 2.81. The van der Waals surface area contributed by atoms with Crippen LogP contribution in [0.25, 0.3) is 0 Å². The minimum Gasteiger partial charge on any atom is -0.481 e. The van der Waals surface area contributed by atoms with Crippen LogP contribution in [-0.2, 0) is 75.2 Å². The number of aliphatic carboxylic acids is 1. The van der Waals surface area contributed by atoms with Gasteiger partial charge in [0.05, 0.1) is 30.7 Å². The summed E-state index contributed by atoms with van der Waals surface area (Å²) < 4.78 is 19.2. The molecular formula is C60H63N5O17. The van der Waals surface area contributed by atoms with E-state index in [1.807, 2.05) is 25.1 Å². The molecule has 7 N–H and O–H groups in total. The van der Waals surface area contributed by atoms with Crippen LogP contribution in [-0.4, -0.2) is 122 Å². The Bertz CT molecular complexity index is 3190. The van der Waals surface area contributed by atoms with Gasteiger partial charge >= 0.3 is 18.0 Å². The summed E-state index contributed by atoms with van der Waals surface area (Å²) in [7, 11) is 0. The summed E-state index contributed by atoms with van der Waals surface area (Å²) in [5, 5.41) is 42.6. The molecule has 0 spiro atoms. The van der Waals surface area contributed by atoms with Crippen molar-refractivity contribution in [3.8, 4) is 0 Å². The number of ether oxygens (including phenoxy) is 3. The number of hydroxylamine groups is 2. The molecular weight excluding hydrogens is 1060 g/mol. The predicted octanol–water partition coefficient (Wildman–Crippen LogP) is 2.82. The summed E-state index contributed by atoms with van der Waals surface area (Å²) in [6, 6.07) is 13.4. The molecule has 14 rings (SSSR count). The van der Waals surface area contributed by atoms with Crippen molar-refractivity contribution >= 4 is 64.8 Å². The number of alkyl carbamates (subject to hydrolysis) is 1. The molecule has 0 radical (unpaired) electrons. The van der Waals surface area contributed by atoms with Gasteiger partial charge in [-0.05, 0) is 127 Å². The summed E-state index contributed by atoms with van der Waals surface area (Å²) in [4.78, 5) is 129. The van der Waals surface area contributed by atoms with Crippen LogP contribution >= 0.6 is 0 Å². The van der Waals surface area contributed by atoms with Crippen molar-refractivity contribution in [3.05, 3.63) is 101 Å². The van der Waals surface area contributed by atoms with Gasteiger partial charge in [-0.25, -0.2) is 9.59 Å². The first-order valence-electron chi connectivity index (χ1n) is 28.3. The zero-order valence-electron chi connectivity index (χ0n) is 45.0. The fourth-order valence-electron chi connectivity index (χ4n) is 18.5. The Morgan fingerprint density at radius 3 is 2.18 bits per heavy atom. The van der Waals surface area contributed by atoms with Gasteiger partial charge in [-0.3, -0.25) is 38.4 Å². The Morgan fingerprint density at radius 2 is 1.51 bits per heavy atom. The third-order valence-corrected chi connectivity index (χ3v) is 21.6. The minimum atomic E-state index is -1.43. The second-order valence-corrected chi connectivity index (χ2v) is 24.9. The summed E-state index contributed by atoms with van der Waals surface area (Å²) in [5.41, 5.74) is 1.34. The number of benzene rings is 2. The van der Waals surface area contributed by atoms with Crippen LogP contribution < -0.4 is 21.3 Å². The highest BCUT2D eigenvalue weighted by Gasteiger charge is 3.10. The van der Waals surface area contributed by atoms with Gasteiger partial charge in [-0.2, -0.15) is 0 Å². The van der Waals surface area contributed by atoms with Crippen molar-refractivity contribution in [2.75, 3.05) is 18.5 Å². The number of fused-ring (bicyclic) bond motifs is 7. The number of carboxylic acid groups (broad SMARTS) is 1. The first kappa shape index (κ1) is 53.9. The van der Waals surface area contributed by atoms with Gasteiger partial charge in [0, 0.05) is 53.0 Å². The largest absolute Gasteiger partial charge is 0.481 e. The molecule has 22 heteroatoms. The monoisotopic (exact) mass is 1130 g/mol. The van der Waals surface area contributed by atoms with Crippen molar-refractivity contribution in [1.82, 2.24) is 21.0 Å². The molecule has 2 heterocycles.